The summed E-state index contributed by atoms with van der Waals surface area (Å²) in [6.45, 7) is 0. The predicted molar refractivity (Wildman–Crippen MR) is 35.8 cm³/mol. The molecule has 0 saturated carbocycles. The molecule has 0 atom stereocenters. The van der Waals surface area contributed by atoms with E-state index in [1.54, 1.807) is 11.6 Å². The summed E-state index contributed by atoms with van der Waals surface area (Å²) in [5, 5.41) is 0. The Bertz CT molecular complexity index is 163. The number of hydrogen-bond donors (Lipinski definition) is 0. The third kappa shape index (κ3) is 3.70. The van der Waals surface area contributed by atoms with Crippen LogP contribution in [0.25, 0.3) is 20.9 Å². The second-order valence-corrected chi connectivity index (χ2v) is 7.37. The molecule has 0 radical (unpaired) electrons. The average Bonchev–Trinajstić information content (AvgIpc) is 1.64. The van der Waals surface area contributed by atoms with Gasteiger partial charge in [-0.1, -0.05) is 0 Å². The molecule has 0 saturated heterocycles. The predicted octanol–water partition coefficient (Wildman–Crippen LogP) is 2.31. The van der Waals surface area contributed by atoms with Gasteiger partial charge in [-0.05, 0) is 0 Å². The summed E-state index contributed by atoms with van der Waals surface area (Å²) in [5.41, 5.74) is 15.9. The molecule has 0 aliphatic carbocycles. The minimum absolute atomic E-state index is 1.68. The van der Waals surface area contributed by atoms with Crippen molar-refractivity contribution in [3.63, 3.8) is 0 Å². The third-order valence-corrected chi connectivity index (χ3v) is 2.46. The average molecular weight is 193 g/mol. The summed E-state index contributed by atoms with van der Waals surface area (Å²) < 4.78 is 6.73. The van der Waals surface area contributed by atoms with Crippen molar-refractivity contribution in [2.24, 2.45) is 8.26 Å². The van der Waals surface area contributed by atoms with Crippen LogP contribution in [0, 0.1) is 0 Å². The van der Waals surface area contributed by atoms with Crippen molar-refractivity contribution >= 4 is 13.3 Å². The van der Waals surface area contributed by atoms with Crippen LogP contribution in [0.2, 0.25) is 11.6 Å². The van der Waals surface area contributed by atoms with Gasteiger partial charge < -0.3 is 0 Å². The molecule has 0 aliphatic heterocycles. The molecule has 0 aliphatic rings. The summed E-state index contributed by atoms with van der Waals surface area (Å²) in [4.78, 5) is 5.11. The second kappa shape index (κ2) is 3.22. The van der Waals surface area contributed by atoms with Crippen LogP contribution in [0.1, 0.15) is 0 Å². The Kier molecular flexibility index (Phi) is 2.91. The van der Waals surface area contributed by atoms with Gasteiger partial charge in [0.2, 0.25) is 0 Å². The molecule has 50 valence electrons. The standard InChI is InChI=1S/C2H6N6Se/c1-9(2,7-5-3)8-6-4/h1-2H3. The van der Waals surface area contributed by atoms with Crippen molar-refractivity contribution in [2.75, 3.05) is 0 Å². The summed E-state index contributed by atoms with van der Waals surface area (Å²) in [6, 6.07) is 0. The van der Waals surface area contributed by atoms with Gasteiger partial charge in [0.25, 0.3) is 0 Å². The van der Waals surface area contributed by atoms with Crippen LogP contribution in [-0.4, -0.2) is 13.3 Å². The fourth-order valence-electron chi connectivity index (χ4n) is 0.195. The fourth-order valence-corrected chi connectivity index (χ4v) is 1.01. The monoisotopic (exact) mass is 194 g/mol. The number of azide groups is 1. The van der Waals surface area contributed by atoms with Crippen LogP contribution in [-0.2, 0) is 0 Å². The van der Waals surface area contributed by atoms with E-state index in [1.807, 2.05) is 0 Å². The first-order valence-electron chi connectivity index (χ1n) is 1.98. The Labute approximate surface area is 54.8 Å². The van der Waals surface area contributed by atoms with Crippen LogP contribution in [0.15, 0.2) is 8.26 Å². The SMILES string of the molecule is C[Se](C)(N=[N+]=[N-])N=[N+]=[N-]. The first kappa shape index (κ1) is 8.14. The Morgan fingerprint density at radius 3 is 1.67 bits per heavy atom. The zero-order valence-electron chi connectivity index (χ0n) is 5.09. The molecular weight excluding hydrogens is 187 g/mol. The molecule has 0 N–H and O–H groups in total. The zero-order chi connectivity index (χ0) is 7.33. The van der Waals surface area contributed by atoms with Crippen LogP contribution in [0.5, 0.6) is 0 Å². The zero-order valence-corrected chi connectivity index (χ0v) is 6.80. The van der Waals surface area contributed by atoms with E-state index < -0.39 is 13.3 Å². The van der Waals surface area contributed by atoms with Gasteiger partial charge in [0.05, 0.1) is 0 Å². The van der Waals surface area contributed by atoms with Gasteiger partial charge in [0, 0.05) is 0 Å². The van der Waals surface area contributed by atoms with E-state index in [1.165, 1.54) is 0 Å². The Hall–Kier alpha value is -0.861. The van der Waals surface area contributed by atoms with Gasteiger partial charge in [-0.25, -0.2) is 0 Å². The molecule has 0 unspecified atom stereocenters. The van der Waals surface area contributed by atoms with Crippen molar-refractivity contribution in [3.8, 4) is 0 Å². The Morgan fingerprint density at radius 2 is 1.44 bits per heavy atom. The van der Waals surface area contributed by atoms with E-state index in [0.29, 0.717) is 0 Å². The van der Waals surface area contributed by atoms with E-state index >= 15 is 0 Å². The number of nitrogens with zero attached hydrogens (tertiary/aromatic N) is 6. The topological polar surface area (TPSA) is 97.5 Å². The molecule has 0 heterocycles. The molecule has 0 aromatic heterocycles. The minimum atomic E-state index is -2.45. The third-order valence-electron chi connectivity index (χ3n) is 0.473. The molecule has 0 bridgehead atoms. The molecular formula is C2H6N6Se. The van der Waals surface area contributed by atoms with Gasteiger partial charge >= 0.3 is 54.1 Å². The quantitative estimate of drug-likeness (QED) is 0.278. The van der Waals surface area contributed by atoms with E-state index in [-0.39, 0.29) is 0 Å². The van der Waals surface area contributed by atoms with Crippen molar-refractivity contribution in [1.29, 1.82) is 0 Å². The molecule has 9 heavy (non-hydrogen) atoms. The molecule has 0 rings (SSSR count). The fraction of sp³-hybridized carbons (Fsp3) is 1.00. The van der Waals surface area contributed by atoms with Crippen molar-refractivity contribution < 1.29 is 0 Å². The molecule has 0 aromatic rings. The normalized spacial score (nSPS) is 10.9. The van der Waals surface area contributed by atoms with E-state index in [0.717, 1.165) is 0 Å². The molecule has 0 amide bonds. The summed E-state index contributed by atoms with van der Waals surface area (Å²) in [5.74, 6) is 3.35. The van der Waals surface area contributed by atoms with E-state index in [9.17, 15) is 0 Å². The van der Waals surface area contributed by atoms with Gasteiger partial charge in [-0.2, -0.15) is 0 Å². The van der Waals surface area contributed by atoms with Crippen LogP contribution in [0.4, 0.5) is 0 Å². The van der Waals surface area contributed by atoms with Gasteiger partial charge in [0.15, 0.2) is 0 Å². The molecule has 6 nitrogen and oxygen atoms in total. The van der Waals surface area contributed by atoms with Crippen LogP contribution in [0.3, 0.4) is 0 Å². The van der Waals surface area contributed by atoms with Crippen molar-refractivity contribution in [3.05, 3.63) is 20.9 Å². The summed E-state index contributed by atoms with van der Waals surface area (Å²) >= 11 is -2.45. The molecule has 0 fully saturated rings. The first-order valence-corrected chi connectivity index (χ1v) is 6.94. The molecule has 0 aromatic carbocycles. The summed E-state index contributed by atoms with van der Waals surface area (Å²) in [7, 11) is 0. The second-order valence-electron chi connectivity index (χ2n) is 1.56. The van der Waals surface area contributed by atoms with Crippen molar-refractivity contribution in [1.82, 2.24) is 0 Å². The van der Waals surface area contributed by atoms with Crippen LogP contribution < -0.4 is 0 Å². The summed E-state index contributed by atoms with van der Waals surface area (Å²) in [6.07, 6.45) is 0. The number of hydrogen-bond acceptors (Lipinski definition) is 2. The van der Waals surface area contributed by atoms with Crippen LogP contribution >= 0.6 is 0 Å². The maximum atomic E-state index is 7.94. The van der Waals surface area contributed by atoms with Gasteiger partial charge in [-0.15, -0.1) is 0 Å². The van der Waals surface area contributed by atoms with Crippen molar-refractivity contribution in [2.45, 2.75) is 11.6 Å². The molecule has 7 heteroatoms. The Morgan fingerprint density at radius 1 is 1.11 bits per heavy atom. The van der Waals surface area contributed by atoms with E-state index in [4.69, 9.17) is 11.1 Å². The van der Waals surface area contributed by atoms with E-state index in [2.05, 4.69) is 18.1 Å². The molecule has 0 spiro atoms. The van der Waals surface area contributed by atoms with Gasteiger partial charge in [-0.3, -0.25) is 0 Å². The Balaban J connectivity index is 4.36. The first-order chi connectivity index (χ1) is 4.12. The van der Waals surface area contributed by atoms with Gasteiger partial charge in [0.1, 0.15) is 0 Å². The maximum absolute atomic E-state index is 7.94. The number of rotatable bonds is 2.